The summed E-state index contributed by atoms with van der Waals surface area (Å²) in [6, 6.07) is 21.1. The van der Waals surface area contributed by atoms with Crippen molar-refractivity contribution in [2.24, 2.45) is 0 Å². The van der Waals surface area contributed by atoms with Crippen LogP contribution in [-0.4, -0.2) is 18.0 Å². The minimum Gasteiger partial charge on any atom is -0.497 e. The van der Waals surface area contributed by atoms with Gasteiger partial charge in [0.1, 0.15) is 5.75 Å². The SMILES string of the molecule is COc1cccc(CNC(=O)c2cc(-c3cc[nH+]cc3)nc3ccccc23)c1. The molecule has 5 nitrogen and oxygen atoms in total. The molecule has 2 N–H and O–H groups in total. The highest BCUT2D eigenvalue weighted by Crippen LogP contribution is 2.24. The van der Waals surface area contributed by atoms with E-state index in [0.717, 1.165) is 33.5 Å². The second-order valence-electron chi connectivity index (χ2n) is 6.40. The molecule has 0 aliphatic rings. The quantitative estimate of drug-likeness (QED) is 0.583. The van der Waals surface area contributed by atoms with Gasteiger partial charge in [-0.1, -0.05) is 30.3 Å². The van der Waals surface area contributed by atoms with E-state index in [1.165, 1.54) is 0 Å². The molecule has 0 fully saturated rings. The Labute approximate surface area is 163 Å². The van der Waals surface area contributed by atoms with E-state index in [-0.39, 0.29) is 5.91 Å². The van der Waals surface area contributed by atoms with Gasteiger partial charge in [0.25, 0.3) is 5.91 Å². The molecular formula is C23H20N3O2+. The molecule has 0 spiro atoms. The first-order valence-corrected chi connectivity index (χ1v) is 9.02. The van der Waals surface area contributed by atoms with Gasteiger partial charge in [0.05, 0.1) is 23.9 Å². The molecule has 0 atom stereocenters. The molecule has 0 aliphatic carbocycles. The Morgan fingerprint density at radius 1 is 1.04 bits per heavy atom. The first kappa shape index (κ1) is 17.7. The molecule has 0 radical (unpaired) electrons. The monoisotopic (exact) mass is 370 g/mol. The zero-order chi connectivity index (χ0) is 19.3. The van der Waals surface area contributed by atoms with Gasteiger partial charge in [-0.3, -0.25) is 4.79 Å². The van der Waals surface area contributed by atoms with E-state index in [1.807, 2.05) is 79.1 Å². The number of rotatable bonds is 5. The van der Waals surface area contributed by atoms with Gasteiger partial charge in [-0.15, -0.1) is 0 Å². The molecule has 0 unspecified atom stereocenters. The van der Waals surface area contributed by atoms with Crippen LogP contribution >= 0.6 is 0 Å². The van der Waals surface area contributed by atoms with Crippen LogP contribution in [0.15, 0.2) is 79.1 Å². The van der Waals surface area contributed by atoms with Crippen molar-refractivity contribution in [1.29, 1.82) is 0 Å². The fourth-order valence-corrected chi connectivity index (χ4v) is 3.13. The summed E-state index contributed by atoms with van der Waals surface area (Å²) < 4.78 is 5.25. The highest BCUT2D eigenvalue weighted by Gasteiger charge is 2.14. The third-order valence-corrected chi connectivity index (χ3v) is 4.56. The summed E-state index contributed by atoms with van der Waals surface area (Å²) in [4.78, 5) is 20.7. The van der Waals surface area contributed by atoms with Gasteiger partial charge in [-0.25, -0.2) is 9.97 Å². The molecule has 4 rings (SSSR count). The van der Waals surface area contributed by atoms with E-state index in [2.05, 4.69) is 10.3 Å². The number of amides is 1. The Balaban J connectivity index is 1.67. The number of aromatic amines is 1. The highest BCUT2D eigenvalue weighted by atomic mass is 16.5. The van der Waals surface area contributed by atoms with Gasteiger partial charge < -0.3 is 10.1 Å². The second kappa shape index (κ2) is 7.88. The maximum Gasteiger partial charge on any atom is 0.252 e. The number of benzene rings is 2. The number of aromatic nitrogens is 2. The number of carbonyl (C=O) groups excluding carboxylic acids is 1. The number of fused-ring (bicyclic) bond motifs is 1. The number of nitrogens with one attached hydrogen (secondary N) is 2. The van der Waals surface area contributed by atoms with Crippen molar-refractivity contribution in [2.75, 3.05) is 7.11 Å². The summed E-state index contributed by atoms with van der Waals surface area (Å²) >= 11 is 0. The van der Waals surface area contributed by atoms with Crippen LogP contribution in [0.2, 0.25) is 0 Å². The lowest BCUT2D eigenvalue weighted by atomic mass is 10.0. The Bertz CT molecular complexity index is 1130. The van der Waals surface area contributed by atoms with Crippen LogP contribution in [0.3, 0.4) is 0 Å². The minimum absolute atomic E-state index is 0.134. The van der Waals surface area contributed by atoms with E-state index in [4.69, 9.17) is 9.72 Å². The predicted octanol–water partition coefficient (Wildman–Crippen LogP) is 3.65. The average molecular weight is 370 g/mol. The fraction of sp³-hybridized carbons (Fsp3) is 0.0870. The zero-order valence-electron chi connectivity index (χ0n) is 15.5. The van der Waals surface area contributed by atoms with Gasteiger partial charge in [-0.05, 0) is 29.8 Å². The van der Waals surface area contributed by atoms with Crippen molar-refractivity contribution in [2.45, 2.75) is 6.54 Å². The van der Waals surface area contributed by atoms with Crippen LogP contribution in [0.1, 0.15) is 15.9 Å². The summed E-state index contributed by atoms with van der Waals surface area (Å²) in [7, 11) is 1.63. The molecule has 0 bridgehead atoms. The standard InChI is InChI=1S/C23H19N3O2/c1-28-18-6-4-5-16(13-18)15-25-23(27)20-14-22(17-9-11-24-12-10-17)26-21-8-3-2-7-19(20)21/h2-14H,15H2,1H3,(H,25,27)/p+1. The van der Waals surface area contributed by atoms with Crippen molar-refractivity contribution < 1.29 is 14.5 Å². The van der Waals surface area contributed by atoms with Crippen LogP contribution in [0.25, 0.3) is 22.2 Å². The molecule has 4 aromatic rings. The summed E-state index contributed by atoms with van der Waals surface area (Å²) in [5, 5.41) is 3.84. The number of para-hydroxylation sites is 1. The molecule has 5 heteroatoms. The average Bonchev–Trinajstić information content (AvgIpc) is 2.77. The number of ether oxygens (including phenoxy) is 1. The smallest absolute Gasteiger partial charge is 0.252 e. The van der Waals surface area contributed by atoms with Crippen LogP contribution in [0, 0.1) is 0 Å². The van der Waals surface area contributed by atoms with Crippen molar-refractivity contribution in [3.05, 3.63) is 90.3 Å². The number of H-pyrrole nitrogens is 1. The van der Waals surface area contributed by atoms with Crippen LogP contribution in [-0.2, 0) is 6.54 Å². The van der Waals surface area contributed by atoms with E-state index in [1.54, 1.807) is 7.11 Å². The lowest BCUT2D eigenvalue weighted by Crippen LogP contribution is -2.23. The van der Waals surface area contributed by atoms with Crippen LogP contribution in [0.4, 0.5) is 0 Å². The number of methoxy groups -OCH3 is 1. The van der Waals surface area contributed by atoms with Gasteiger partial charge in [0.15, 0.2) is 12.4 Å². The molecule has 1 amide bonds. The highest BCUT2D eigenvalue weighted by molar-refractivity contribution is 6.07. The number of hydrogen-bond donors (Lipinski definition) is 1. The molecule has 0 saturated carbocycles. The molecule has 138 valence electrons. The maximum atomic E-state index is 13.0. The topological polar surface area (TPSA) is 65.4 Å². The van der Waals surface area contributed by atoms with E-state index >= 15 is 0 Å². The Morgan fingerprint density at radius 2 is 1.86 bits per heavy atom. The van der Waals surface area contributed by atoms with Crippen molar-refractivity contribution in [3.63, 3.8) is 0 Å². The van der Waals surface area contributed by atoms with E-state index in [9.17, 15) is 4.79 Å². The molecule has 0 saturated heterocycles. The Hall–Kier alpha value is -3.73. The maximum absolute atomic E-state index is 13.0. The molecular weight excluding hydrogens is 350 g/mol. The first-order chi connectivity index (χ1) is 13.7. The zero-order valence-corrected chi connectivity index (χ0v) is 15.5. The largest absolute Gasteiger partial charge is 0.497 e. The third-order valence-electron chi connectivity index (χ3n) is 4.56. The first-order valence-electron chi connectivity index (χ1n) is 9.02. The number of nitrogens with zero attached hydrogens (tertiary/aromatic N) is 1. The minimum atomic E-state index is -0.134. The summed E-state index contributed by atoms with van der Waals surface area (Å²) in [6.45, 7) is 0.419. The molecule has 2 heterocycles. The van der Waals surface area contributed by atoms with E-state index < -0.39 is 0 Å². The predicted molar refractivity (Wildman–Crippen MR) is 108 cm³/mol. The van der Waals surface area contributed by atoms with Crippen LogP contribution < -0.4 is 15.0 Å². The number of hydrogen-bond acceptors (Lipinski definition) is 3. The Kier molecular flexibility index (Phi) is 4.97. The van der Waals surface area contributed by atoms with Crippen molar-refractivity contribution in [3.8, 4) is 17.0 Å². The summed E-state index contributed by atoms with van der Waals surface area (Å²) in [5.41, 5.74) is 4.09. The molecule has 28 heavy (non-hydrogen) atoms. The van der Waals surface area contributed by atoms with Gasteiger partial charge in [-0.2, -0.15) is 0 Å². The third kappa shape index (κ3) is 3.69. The summed E-state index contributed by atoms with van der Waals surface area (Å²) in [5.74, 6) is 0.634. The van der Waals surface area contributed by atoms with Crippen molar-refractivity contribution >= 4 is 16.8 Å². The molecule has 2 aromatic carbocycles. The Morgan fingerprint density at radius 3 is 2.68 bits per heavy atom. The molecule has 0 aliphatic heterocycles. The lowest BCUT2D eigenvalue weighted by Gasteiger charge is -2.11. The van der Waals surface area contributed by atoms with E-state index in [0.29, 0.717) is 12.1 Å². The second-order valence-corrected chi connectivity index (χ2v) is 6.40. The van der Waals surface area contributed by atoms with Gasteiger partial charge in [0, 0.05) is 29.6 Å². The molecule has 2 aromatic heterocycles. The van der Waals surface area contributed by atoms with Gasteiger partial charge >= 0.3 is 0 Å². The van der Waals surface area contributed by atoms with Gasteiger partial charge in [0.2, 0.25) is 0 Å². The number of carbonyl (C=O) groups is 1. The van der Waals surface area contributed by atoms with Crippen molar-refractivity contribution in [1.82, 2.24) is 10.3 Å². The fourth-order valence-electron chi connectivity index (χ4n) is 3.13. The normalized spacial score (nSPS) is 10.6. The number of pyridine rings is 2. The lowest BCUT2D eigenvalue weighted by molar-refractivity contribution is -0.377. The van der Waals surface area contributed by atoms with Crippen LogP contribution in [0.5, 0.6) is 5.75 Å². The summed E-state index contributed by atoms with van der Waals surface area (Å²) in [6.07, 6.45) is 3.68.